The molecule has 0 atom stereocenters. The third-order valence-electron chi connectivity index (χ3n) is 4.51. The molecular weight excluding hydrogens is 256 g/mol. The molecular formula is C15H20N2OS. The van der Waals surface area contributed by atoms with E-state index in [-0.39, 0.29) is 5.92 Å². The predicted molar refractivity (Wildman–Crippen MR) is 79.2 cm³/mol. The molecule has 2 aliphatic carbocycles. The third kappa shape index (κ3) is 1.97. The van der Waals surface area contributed by atoms with E-state index in [0.29, 0.717) is 11.7 Å². The van der Waals surface area contributed by atoms with Gasteiger partial charge in [0.05, 0.1) is 15.6 Å². The summed E-state index contributed by atoms with van der Waals surface area (Å²) < 4.78 is 0. The molecule has 0 radical (unpaired) electrons. The first kappa shape index (κ1) is 11.8. The van der Waals surface area contributed by atoms with Gasteiger partial charge in [0.1, 0.15) is 0 Å². The molecule has 4 heteroatoms. The van der Waals surface area contributed by atoms with Crippen LogP contribution in [0.5, 0.6) is 0 Å². The highest BCUT2D eigenvalue weighted by Gasteiger charge is 2.38. The van der Waals surface area contributed by atoms with E-state index >= 15 is 0 Å². The van der Waals surface area contributed by atoms with Crippen molar-refractivity contribution >= 4 is 27.8 Å². The number of carbonyl (C=O) groups excluding carboxylic acids is 1. The summed E-state index contributed by atoms with van der Waals surface area (Å²) in [6, 6.07) is 0. The Morgan fingerprint density at radius 1 is 1.16 bits per heavy atom. The van der Waals surface area contributed by atoms with E-state index in [0.717, 1.165) is 36.5 Å². The van der Waals surface area contributed by atoms with Crippen molar-refractivity contribution in [2.75, 3.05) is 23.7 Å². The van der Waals surface area contributed by atoms with Crippen LogP contribution in [0.2, 0.25) is 0 Å². The van der Waals surface area contributed by atoms with Gasteiger partial charge in [-0.05, 0) is 44.4 Å². The maximum Gasteiger partial charge on any atom is 0.178 e. The van der Waals surface area contributed by atoms with E-state index in [2.05, 4.69) is 4.90 Å². The van der Waals surface area contributed by atoms with Crippen LogP contribution < -0.4 is 10.6 Å². The maximum atomic E-state index is 12.4. The first-order valence-corrected chi connectivity index (χ1v) is 8.28. The number of hydrogen-bond donors (Lipinski definition) is 1. The van der Waals surface area contributed by atoms with E-state index < -0.39 is 0 Å². The van der Waals surface area contributed by atoms with E-state index in [1.165, 1.54) is 36.2 Å². The average Bonchev–Trinajstić information content (AvgIpc) is 3.33. The minimum absolute atomic E-state index is 0.277. The summed E-state index contributed by atoms with van der Waals surface area (Å²) in [5.74, 6) is 1.22. The molecule has 3 nitrogen and oxygen atoms in total. The summed E-state index contributed by atoms with van der Waals surface area (Å²) in [6.45, 7) is 2.27. The summed E-state index contributed by atoms with van der Waals surface area (Å²) in [5, 5.41) is 1.32. The normalized spacial score (nSPS) is 23.1. The molecule has 1 saturated heterocycles. The van der Waals surface area contributed by atoms with E-state index in [1.807, 2.05) is 0 Å². The summed E-state index contributed by atoms with van der Waals surface area (Å²) in [5.41, 5.74) is 8.48. The van der Waals surface area contributed by atoms with Crippen LogP contribution in [0.15, 0.2) is 0 Å². The van der Waals surface area contributed by atoms with Gasteiger partial charge in [0.15, 0.2) is 5.78 Å². The van der Waals surface area contributed by atoms with Gasteiger partial charge in [-0.1, -0.05) is 0 Å². The largest absolute Gasteiger partial charge is 0.397 e. The smallest absolute Gasteiger partial charge is 0.178 e. The summed E-state index contributed by atoms with van der Waals surface area (Å²) in [4.78, 5) is 15.7. The maximum absolute atomic E-state index is 12.4. The van der Waals surface area contributed by atoms with Gasteiger partial charge >= 0.3 is 0 Å². The number of nitrogen functional groups attached to an aromatic ring is 1. The zero-order chi connectivity index (χ0) is 13.0. The van der Waals surface area contributed by atoms with Crippen LogP contribution in [-0.4, -0.2) is 18.9 Å². The van der Waals surface area contributed by atoms with Crippen molar-refractivity contribution in [3.05, 3.63) is 10.4 Å². The fourth-order valence-electron chi connectivity index (χ4n) is 3.08. The van der Waals surface area contributed by atoms with Gasteiger partial charge in [-0.3, -0.25) is 4.79 Å². The number of nitrogens with zero attached hydrogens (tertiary/aromatic N) is 1. The highest BCUT2D eigenvalue weighted by Crippen LogP contribution is 2.53. The molecule has 1 aliphatic heterocycles. The first-order valence-electron chi connectivity index (χ1n) is 7.47. The first-order chi connectivity index (χ1) is 9.25. The van der Waals surface area contributed by atoms with E-state index in [1.54, 1.807) is 11.3 Å². The minimum Gasteiger partial charge on any atom is -0.397 e. The van der Waals surface area contributed by atoms with Crippen LogP contribution in [0, 0.1) is 5.92 Å². The SMILES string of the molecule is Nc1c(C(=O)C2CC2)sc(N2CCCC2)c1C1CC1. The van der Waals surface area contributed by atoms with Gasteiger partial charge in [-0.15, -0.1) is 11.3 Å². The van der Waals surface area contributed by atoms with E-state index in [9.17, 15) is 4.79 Å². The van der Waals surface area contributed by atoms with Gasteiger partial charge in [0.2, 0.25) is 0 Å². The zero-order valence-electron chi connectivity index (χ0n) is 11.2. The molecule has 3 fully saturated rings. The lowest BCUT2D eigenvalue weighted by Gasteiger charge is -2.17. The molecule has 0 spiro atoms. The van der Waals surface area contributed by atoms with Crippen molar-refractivity contribution in [1.29, 1.82) is 0 Å². The van der Waals surface area contributed by atoms with Crippen molar-refractivity contribution in [1.82, 2.24) is 0 Å². The monoisotopic (exact) mass is 276 g/mol. The second-order valence-electron chi connectivity index (χ2n) is 6.17. The lowest BCUT2D eigenvalue weighted by Crippen LogP contribution is -2.17. The number of ketones is 1. The predicted octanol–water partition coefficient (Wildman–Crippen LogP) is 3.40. The van der Waals surface area contributed by atoms with Crippen LogP contribution in [0.3, 0.4) is 0 Å². The molecule has 2 saturated carbocycles. The van der Waals surface area contributed by atoms with Gasteiger partial charge in [0, 0.05) is 24.6 Å². The molecule has 0 unspecified atom stereocenters. The minimum atomic E-state index is 0.277. The second kappa shape index (κ2) is 4.23. The lowest BCUT2D eigenvalue weighted by molar-refractivity contribution is 0.0972. The Morgan fingerprint density at radius 2 is 1.84 bits per heavy atom. The Morgan fingerprint density at radius 3 is 2.42 bits per heavy atom. The molecule has 3 aliphatic rings. The number of carbonyl (C=O) groups is 1. The van der Waals surface area contributed by atoms with Gasteiger partial charge < -0.3 is 10.6 Å². The Kier molecular flexibility index (Phi) is 2.62. The Balaban J connectivity index is 1.75. The molecule has 19 heavy (non-hydrogen) atoms. The van der Waals surface area contributed by atoms with Crippen molar-refractivity contribution in [3.8, 4) is 0 Å². The molecule has 0 aromatic carbocycles. The van der Waals surface area contributed by atoms with Crippen LogP contribution >= 0.6 is 11.3 Å². The van der Waals surface area contributed by atoms with Gasteiger partial charge in [-0.25, -0.2) is 0 Å². The molecule has 4 rings (SSSR count). The number of nitrogens with two attached hydrogens (primary N) is 1. The number of hydrogen-bond acceptors (Lipinski definition) is 4. The number of anilines is 2. The molecule has 102 valence electrons. The summed E-state index contributed by atoms with van der Waals surface area (Å²) >= 11 is 1.68. The van der Waals surface area contributed by atoms with Crippen LogP contribution in [0.25, 0.3) is 0 Å². The van der Waals surface area contributed by atoms with Crippen LogP contribution in [-0.2, 0) is 0 Å². The quantitative estimate of drug-likeness (QED) is 0.857. The van der Waals surface area contributed by atoms with Crippen molar-refractivity contribution in [2.45, 2.75) is 44.4 Å². The van der Waals surface area contributed by atoms with E-state index in [4.69, 9.17) is 5.73 Å². The molecule has 1 aromatic rings. The highest BCUT2D eigenvalue weighted by atomic mass is 32.1. The van der Waals surface area contributed by atoms with Crippen LogP contribution in [0.1, 0.15) is 59.7 Å². The highest BCUT2D eigenvalue weighted by molar-refractivity contribution is 7.19. The van der Waals surface area contributed by atoms with Gasteiger partial charge in [0.25, 0.3) is 0 Å². The number of rotatable bonds is 4. The number of Topliss-reactive ketones (excluding diaryl/α,β-unsaturated/α-hetero) is 1. The average molecular weight is 276 g/mol. The Bertz CT molecular complexity index is 522. The molecule has 1 aromatic heterocycles. The summed E-state index contributed by atoms with van der Waals surface area (Å²) in [6.07, 6.45) is 7.17. The van der Waals surface area contributed by atoms with Crippen molar-refractivity contribution < 1.29 is 4.79 Å². The fraction of sp³-hybridized carbons (Fsp3) is 0.667. The molecule has 2 heterocycles. The zero-order valence-corrected chi connectivity index (χ0v) is 12.0. The Labute approximate surface area is 117 Å². The molecule has 0 amide bonds. The molecule has 2 N–H and O–H groups in total. The summed E-state index contributed by atoms with van der Waals surface area (Å²) in [7, 11) is 0. The second-order valence-corrected chi connectivity index (χ2v) is 7.17. The van der Waals surface area contributed by atoms with Crippen LogP contribution in [0.4, 0.5) is 10.7 Å². The van der Waals surface area contributed by atoms with Gasteiger partial charge in [-0.2, -0.15) is 0 Å². The topological polar surface area (TPSA) is 46.3 Å². The fourth-order valence-corrected chi connectivity index (χ4v) is 4.46. The Hall–Kier alpha value is -1.03. The van der Waals surface area contributed by atoms with Crippen molar-refractivity contribution in [2.24, 2.45) is 5.92 Å². The standard InChI is InChI=1S/C15H20N2OS/c16-12-11(9-3-4-9)15(17-7-1-2-8-17)19-14(12)13(18)10-5-6-10/h9-10H,1-8,16H2. The van der Waals surface area contributed by atoms with Crippen molar-refractivity contribution in [3.63, 3.8) is 0 Å². The third-order valence-corrected chi connectivity index (χ3v) is 5.81. The number of thiophene rings is 1. The molecule has 0 bridgehead atoms. The lowest BCUT2D eigenvalue weighted by atomic mass is 10.1.